The van der Waals surface area contributed by atoms with E-state index in [-0.39, 0.29) is 12.0 Å². The number of hydrogen-bond donors (Lipinski definition) is 1. The normalized spacial score (nSPS) is 15.1. The van der Waals surface area contributed by atoms with E-state index < -0.39 is 0 Å². The van der Waals surface area contributed by atoms with Crippen LogP contribution in [0.15, 0.2) is 55.1 Å². The van der Waals surface area contributed by atoms with Crippen LogP contribution in [0.1, 0.15) is 31.7 Å². The van der Waals surface area contributed by atoms with Gasteiger partial charge in [-0.3, -0.25) is 0 Å². The molecule has 0 spiro atoms. The van der Waals surface area contributed by atoms with Gasteiger partial charge in [0.1, 0.15) is 0 Å². The lowest BCUT2D eigenvalue weighted by Gasteiger charge is -2.12. The first-order valence-electron chi connectivity index (χ1n) is 6.17. The summed E-state index contributed by atoms with van der Waals surface area (Å²) in [6.45, 7) is 7.90. The molecule has 2 atom stereocenters. The summed E-state index contributed by atoms with van der Waals surface area (Å²) >= 11 is 0. The number of hydrogen-bond acceptors (Lipinski definition) is 1. The molecule has 0 aromatic heterocycles. The van der Waals surface area contributed by atoms with E-state index in [0.717, 1.165) is 6.42 Å². The van der Waals surface area contributed by atoms with Crippen LogP contribution in [0.4, 0.5) is 0 Å². The lowest BCUT2D eigenvalue weighted by Crippen LogP contribution is -2.10. The molecule has 0 saturated carbocycles. The molecule has 0 aliphatic rings. The molecule has 1 aromatic rings. The molecule has 0 amide bonds. The first-order valence-corrected chi connectivity index (χ1v) is 6.17. The molecule has 1 N–H and O–H groups in total. The second-order valence-corrected chi connectivity index (χ2v) is 4.65. The van der Waals surface area contributed by atoms with E-state index >= 15 is 0 Å². The summed E-state index contributed by atoms with van der Waals surface area (Å²) in [5.74, 6) is 0.594. The first kappa shape index (κ1) is 13.7. The van der Waals surface area contributed by atoms with Gasteiger partial charge in [0.05, 0.1) is 6.10 Å². The smallest absolute Gasteiger partial charge is 0.0743 e. The van der Waals surface area contributed by atoms with Crippen LogP contribution in [0.2, 0.25) is 0 Å². The summed E-state index contributed by atoms with van der Waals surface area (Å²) < 4.78 is 0. The van der Waals surface area contributed by atoms with Crippen LogP contribution in [0, 0.1) is 5.92 Å². The number of rotatable bonds is 6. The quantitative estimate of drug-likeness (QED) is 0.734. The number of aliphatic hydroxyl groups is 1. The van der Waals surface area contributed by atoms with Crippen molar-refractivity contribution in [3.63, 3.8) is 0 Å². The van der Waals surface area contributed by atoms with Crippen molar-refractivity contribution in [2.45, 2.75) is 32.3 Å². The molecule has 0 saturated heterocycles. The molecular formula is C16H22O. The topological polar surface area (TPSA) is 20.2 Å². The Morgan fingerprint density at radius 1 is 1.24 bits per heavy atom. The summed E-state index contributed by atoms with van der Waals surface area (Å²) in [5, 5.41) is 9.67. The van der Waals surface area contributed by atoms with Gasteiger partial charge in [-0.15, -0.1) is 6.58 Å². The highest BCUT2D eigenvalue weighted by atomic mass is 16.3. The van der Waals surface area contributed by atoms with E-state index in [4.69, 9.17) is 0 Å². The van der Waals surface area contributed by atoms with Gasteiger partial charge in [-0.2, -0.15) is 0 Å². The summed E-state index contributed by atoms with van der Waals surface area (Å²) in [5.41, 5.74) is 1.27. The molecule has 1 rings (SSSR count). The summed E-state index contributed by atoms with van der Waals surface area (Å²) in [6, 6.07) is 10.3. The van der Waals surface area contributed by atoms with Gasteiger partial charge in [0.2, 0.25) is 0 Å². The fraction of sp³-hybridized carbons (Fsp3) is 0.375. The summed E-state index contributed by atoms with van der Waals surface area (Å²) in [4.78, 5) is 0. The highest BCUT2D eigenvalue weighted by Crippen LogP contribution is 2.21. The molecule has 0 radical (unpaired) electrons. The third kappa shape index (κ3) is 4.58. The van der Waals surface area contributed by atoms with Crippen molar-refractivity contribution in [3.05, 3.63) is 60.7 Å². The SMILES string of the molecule is C=CC(C/C=C/C(O)C(C)C)c1ccccc1. The first-order chi connectivity index (χ1) is 8.15. The van der Waals surface area contributed by atoms with Gasteiger partial charge in [-0.25, -0.2) is 0 Å². The van der Waals surface area contributed by atoms with Gasteiger partial charge in [0, 0.05) is 5.92 Å². The van der Waals surface area contributed by atoms with Crippen molar-refractivity contribution in [3.8, 4) is 0 Å². The lowest BCUT2D eigenvalue weighted by molar-refractivity contribution is 0.172. The zero-order chi connectivity index (χ0) is 12.7. The van der Waals surface area contributed by atoms with Gasteiger partial charge in [0.25, 0.3) is 0 Å². The third-order valence-electron chi connectivity index (χ3n) is 2.92. The van der Waals surface area contributed by atoms with Crippen molar-refractivity contribution in [2.75, 3.05) is 0 Å². The van der Waals surface area contributed by atoms with Crippen molar-refractivity contribution in [2.24, 2.45) is 5.92 Å². The molecule has 1 heteroatoms. The number of allylic oxidation sites excluding steroid dienone is 2. The van der Waals surface area contributed by atoms with E-state index in [9.17, 15) is 5.11 Å². The number of aliphatic hydroxyl groups excluding tert-OH is 1. The Morgan fingerprint density at radius 2 is 1.88 bits per heavy atom. The molecule has 0 bridgehead atoms. The van der Waals surface area contributed by atoms with Gasteiger partial charge in [-0.05, 0) is 17.9 Å². The number of benzene rings is 1. The van der Waals surface area contributed by atoms with Gasteiger partial charge >= 0.3 is 0 Å². The molecule has 1 aromatic carbocycles. The Hall–Kier alpha value is -1.34. The Labute approximate surface area is 104 Å². The van der Waals surface area contributed by atoms with Crippen LogP contribution in [-0.2, 0) is 0 Å². The van der Waals surface area contributed by atoms with Gasteiger partial charge in [0.15, 0.2) is 0 Å². The van der Waals surface area contributed by atoms with Gasteiger partial charge < -0.3 is 5.11 Å². The summed E-state index contributed by atoms with van der Waals surface area (Å²) in [6.07, 6.45) is 6.42. The Bertz CT molecular complexity index is 351. The maximum atomic E-state index is 9.67. The van der Waals surface area contributed by atoms with E-state index in [2.05, 4.69) is 18.7 Å². The third-order valence-corrected chi connectivity index (χ3v) is 2.92. The van der Waals surface area contributed by atoms with Crippen molar-refractivity contribution in [1.29, 1.82) is 0 Å². The lowest BCUT2D eigenvalue weighted by atomic mass is 9.95. The van der Waals surface area contributed by atoms with Crippen LogP contribution < -0.4 is 0 Å². The molecule has 0 heterocycles. The average Bonchev–Trinajstić information content (AvgIpc) is 2.35. The fourth-order valence-corrected chi connectivity index (χ4v) is 1.66. The highest BCUT2D eigenvalue weighted by molar-refractivity contribution is 5.24. The Balaban J connectivity index is 2.57. The maximum absolute atomic E-state index is 9.67. The monoisotopic (exact) mass is 230 g/mol. The fourth-order valence-electron chi connectivity index (χ4n) is 1.66. The minimum atomic E-state index is -0.351. The standard InChI is InChI=1S/C16H22O/c1-4-14(15-9-6-5-7-10-15)11-8-12-16(17)13(2)3/h4-10,12-14,16-17H,1,11H2,2-3H3/b12-8+. The van der Waals surface area contributed by atoms with Crippen LogP contribution in [0.25, 0.3) is 0 Å². The minimum Gasteiger partial charge on any atom is -0.389 e. The molecule has 92 valence electrons. The van der Waals surface area contributed by atoms with Crippen LogP contribution in [-0.4, -0.2) is 11.2 Å². The zero-order valence-corrected chi connectivity index (χ0v) is 10.7. The Kier molecular flexibility index (Phi) is 5.71. The van der Waals surface area contributed by atoms with Crippen molar-refractivity contribution >= 4 is 0 Å². The molecule has 0 aliphatic carbocycles. The molecule has 1 nitrogen and oxygen atoms in total. The summed E-state index contributed by atoms with van der Waals surface area (Å²) in [7, 11) is 0. The van der Waals surface area contributed by atoms with E-state index in [1.807, 2.05) is 50.3 Å². The van der Waals surface area contributed by atoms with Crippen LogP contribution in [0.5, 0.6) is 0 Å². The molecular weight excluding hydrogens is 208 g/mol. The second-order valence-electron chi connectivity index (χ2n) is 4.65. The van der Waals surface area contributed by atoms with Crippen LogP contribution >= 0.6 is 0 Å². The van der Waals surface area contributed by atoms with E-state index in [0.29, 0.717) is 5.92 Å². The van der Waals surface area contributed by atoms with Gasteiger partial charge in [-0.1, -0.05) is 62.4 Å². The Morgan fingerprint density at radius 3 is 2.41 bits per heavy atom. The molecule has 0 aliphatic heterocycles. The largest absolute Gasteiger partial charge is 0.389 e. The molecule has 2 unspecified atom stereocenters. The second kappa shape index (κ2) is 7.08. The zero-order valence-electron chi connectivity index (χ0n) is 10.7. The highest BCUT2D eigenvalue weighted by Gasteiger charge is 2.06. The van der Waals surface area contributed by atoms with E-state index in [1.165, 1.54) is 5.56 Å². The molecule has 17 heavy (non-hydrogen) atoms. The molecule has 0 fully saturated rings. The minimum absolute atomic E-state index is 0.269. The van der Waals surface area contributed by atoms with Crippen molar-refractivity contribution < 1.29 is 5.11 Å². The van der Waals surface area contributed by atoms with Crippen molar-refractivity contribution in [1.82, 2.24) is 0 Å². The average molecular weight is 230 g/mol. The van der Waals surface area contributed by atoms with Crippen LogP contribution in [0.3, 0.4) is 0 Å². The van der Waals surface area contributed by atoms with E-state index in [1.54, 1.807) is 0 Å². The predicted molar refractivity (Wildman–Crippen MR) is 74.0 cm³/mol. The maximum Gasteiger partial charge on any atom is 0.0743 e. The predicted octanol–water partition coefficient (Wildman–Crippen LogP) is 3.92.